The molecule has 1 aliphatic rings. The van der Waals surface area contributed by atoms with Crippen LogP contribution in [0.2, 0.25) is 0 Å². The average molecular weight is 250 g/mol. The molecule has 1 aromatic rings. The first-order valence-electron chi connectivity index (χ1n) is 6.79. The Balaban J connectivity index is 2.05. The molecule has 18 heavy (non-hydrogen) atoms. The molecule has 1 aliphatic heterocycles. The summed E-state index contributed by atoms with van der Waals surface area (Å²) in [5, 5.41) is 0. The highest BCUT2D eigenvalue weighted by atomic mass is 19.1. The lowest BCUT2D eigenvalue weighted by atomic mass is 9.92. The Morgan fingerprint density at radius 1 is 1.44 bits per heavy atom. The van der Waals surface area contributed by atoms with Gasteiger partial charge in [-0.25, -0.2) is 4.39 Å². The normalized spacial score (nSPS) is 25.3. The Morgan fingerprint density at radius 2 is 2.22 bits per heavy atom. The molecule has 2 atom stereocenters. The van der Waals surface area contributed by atoms with E-state index in [1.807, 2.05) is 19.1 Å². The van der Waals surface area contributed by atoms with Crippen LogP contribution in [-0.4, -0.2) is 24.0 Å². The first-order valence-corrected chi connectivity index (χ1v) is 6.79. The number of likely N-dealkylation sites (tertiary alicyclic amines) is 1. The van der Waals surface area contributed by atoms with Crippen molar-refractivity contribution in [3.05, 3.63) is 35.1 Å². The topological polar surface area (TPSA) is 29.3 Å². The van der Waals surface area contributed by atoms with Crippen LogP contribution in [0.4, 0.5) is 4.39 Å². The number of nitrogens with zero attached hydrogens (tertiary/aromatic N) is 1. The summed E-state index contributed by atoms with van der Waals surface area (Å²) in [5.74, 6) is 0.645. The van der Waals surface area contributed by atoms with Crippen molar-refractivity contribution in [1.82, 2.24) is 4.90 Å². The molecule has 0 bridgehead atoms. The molecule has 1 saturated heterocycles. The number of aryl methyl sites for hydroxylation is 1. The van der Waals surface area contributed by atoms with Gasteiger partial charge in [0.2, 0.25) is 0 Å². The Labute approximate surface area is 109 Å². The summed E-state index contributed by atoms with van der Waals surface area (Å²) in [7, 11) is 0. The van der Waals surface area contributed by atoms with Crippen LogP contribution in [-0.2, 0) is 6.54 Å². The van der Waals surface area contributed by atoms with Crippen LogP contribution in [0.25, 0.3) is 0 Å². The molecule has 0 aromatic heterocycles. The Bertz CT molecular complexity index is 405. The molecular formula is C15H23FN2. The lowest BCUT2D eigenvalue weighted by Gasteiger charge is -2.38. The standard InChI is InChI=1S/C15H23FN2/c1-11-5-6-18(14(7-11)9-17)10-13-3-4-15(16)12(2)8-13/h3-4,8,11,14H,5-7,9-10,17H2,1-2H3. The summed E-state index contributed by atoms with van der Waals surface area (Å²) in [6.45, 7) is 6.80. The zero-order chi connectivity index (χ0) is 13.1. The zero-order valence-electron chi connectivity index (χ0n) is 11.3. The summed E-state index contributed by atoms with van der Waals surface area (Å²) in [4.78, 5) is 2.44. The maximum absolute atomic E-state index is 13.2. The fourth-order valence-electron chi connectivity index (χ4n) is 2.79. The van der Waals surface area contributed by atoms with Crippen molar-refractivity contribution >= 4 is 0 Å². The molecule has 3 heteroatoms. The molecule has 0 saturated carbocycles. The molecule has 0 radical (unpaired) electrons. The van der Waals surface area contributed by atoms with Crippen molar-refractivity contribution in [2.24, 2.45) is 11.7 Å². The minimum Gasteiger partial charge on any atom is -0.329 e. The maximum Gasteiger partial charge on any atom is 0.126 e. The van der Waals surface area contributed by atoms with Gasteiger partial charge in [-0.3, -0.25) is 4.90 Å². The molecule has 0 aliphatic carbocycles. The van der Waals surface area contributed by atoms with E-state index in [0.717, 1.165) is 24.6 Å². The van der Waals surface area contributed by atoms with Crippen LogP contribution in [0.15, 0.2) is 18.2 Å². The van der Waals surface area contributed by atoms with E-state index in [2.05, 4.69) is 11.8 Å². The molecule has 1 heterocycles. The van der Waals surface area contributed by atoms with Crippen molar-refractivity contribution in [3.8, 4) is 0 Å². The summed E-state index contributed by atoms with van der Waals surface area (Å²) in [5.41, 5.74) is 7.77. The molecule has 2 N–H and O–H groups in total. The number of halogens is 1. The molecule has 2 nitrogen and oxygen atoms in total. The fourth-order valence-corrected chi connectivity index (χ4v) is 2.79. The van der Waals surface area contributed by atoms with Gasteiger partial charge in [0.25, 0.3) is 0 Å². The SMILES string of the molecule is Cc1cc(CN2CCC(C)CC2CN)ccc1F. The van der Waals surface area contributed by atoms with Gasteiger partial charge < -0.3 is 5.73 Å². The van der Waals surface area contributed by atoms with E-state index in [1.165, 1.54) is 18.4 Å². The van der Waals surface area contributed by atoms with E-state index >= 15 is 0 Å². The van der Waals surface area contributed by atoms with E-state index < -0.39 is 0 Å². The largest absolute Gasteiger partial charge is 0.329 e. The highest BCUT2D eigenvalue weighted by Gasteiger charge is 2.25. The van der Waals surface area contributed by atoms with Gasteiger partial charge in [-0.2, -0.15) is 0 Å². The summed E-state index contributed by atoms with van der Waals surface area (Å²) >= 11 is 0. The van der Waals surface area contributed by atoms with Crippen LogP contribution >= 0.6 is 0 Å². The molecule has 1 fully saturated rings. The predicted molar refractivity (Wildman–Crippen MR) is 72.8 cm³/mol. The number of nitrogens with two attached hydrogens (primary N) is 1. The molecule has 100 valence electrons. The van der Waals surface area contributed by atoms with E-state index in [0.29, 0.717) is 12.6 Å². The quantitative estimate of drug-likeness (QED) is 0.893. The maximum atomic E-state index is 13.2. The van der Waals surface area contributed by atoms with Crippen LogP contribution in [0.5, 0.6) is 0 Å². The molecular weight excluding hydrogens is 227 g/mol. The first-order chi connectivity index (χ1) is 8.60. The van der Waals surface area contributed by atoms with Gasteiger partial charge in [0.05, 0.1) is 0 Å². The van der Waals surface area contributed by atoms with Gasteiger partial charge in [0.15, 0.2) is 0 Å². The van der Waals surface area contributed by atoms with E-state index in [4.69, 9.17) is 5.73 Å². The van der Waals surface area contributed by atoms with Gasteiger partial charge in [-0.1, -0.05) is 19.1 Å². The van der Waals surface area contributed by atoms with Crippen molar-refractivity contribution in [1.29, 1.82) is 0 Å². The third-order valence-electron chi connectivity index (χ3n) is 3.98. The second-order valence-corrected chi connectivity index (χ2v) is 5.57. The van der Waals surface area contributed by atoms with Gasteiger partial charge in [-0.05, 0) is 49.4 Å². The van der Waals surface area contributed by atoms with Gasteiger partial charge >= 0.3 is 0 Å². The Hall–Kier alpha value is -0.930. The number of piperidine rings is 1. The van der Waals surface area contributed by atoms with E-state index in [-0.39, 0.29) is 5.82 Å². The monoisotopic (exact) mass is 250 g/mol. The van der Waals surface area contributed by atoms with Crippen molar-refractivity contribution in [2.45, 2.75) is 39.3 Å². The molecule has 2 rings (SSSR count). The Kier molecular flexibility index (Phi) is 4.36. The highest BCUT2D eigenvalue weighted by Crippen LogP contribution is 2.24. The van der Waals surface area contributed by atoms with Crippen LogP contribution in [0, 0.1) is 18.7 Å². The number of hydrogen-bond donors (Lipinski definition) is 1. The summed E-state index contributed by atoms with van der Waals surface area (Å²) in [6.07, 6.45) is 2.41. The molecule has 0 spiro atoms. The third kappa shape index (κ3) is 3.09. The lowest BCUT2D eigenvalue weighted by Crippen LogP contribution is -2.45. The second kappa shape index (κ2) is 5.81. The minimum absolute atomic E-state index is 0.124. The smallest absolute Gasteiger partial charge is 0.126 e. The van der Waals surface area contributed by atoms with E-state index in [1.54, 1.807) is 6.07 Å². The number of rotatable bonds is 3. The van der Waals surface area contributed by atoms with E-state index in [9.17, 15) is 4.39 Å². The van der Waals surface area contributed by atoms with Crippen LogP contribution in [0.3, 0.4) is 0 Å². The molecule has 0 amide bonds. The van der Waals surface area contributed by atoms with Crippen LogP contribution < -0.4 is 5.73 Å². The molecule has 2 unspecified atom stereocenters. The summed E-state index contributed by atoms with van der Waals surface area (Å²) in [6, 6.07) is 5.86. The summed E-state index contributed by atoms with van der Waals surface area (Å²) < 4.78 is 13.2. The van der Waals surface area contributed by atoms with Crippen molar-refractivity contribution in [3.63, 3.8) is 0 Å². The van der Waals surface area contributed by atoms with Crippen molar-refractivity contribution in [2.75, 3.05) is 13.1 Å². The third-order valence-corrected chi connectivity index (χ3v) is 3.98. The van der Waals surface area contributed by atoms with Gasteiger partial charge in [0.1, 0.15) is 5.82 Å². The lowest BCUT2D eigenvalue weighted by molar-refractivity contribution is 0.115. The first kappa shape index (κ1) is 13.5. The number of hydrogen-bond acceptors (Lipinski definition) is 2. The zero-order valence-corrected chi connectivity index (χ0v) is 11.3. The fraction of sp³-hybridized carbons (Fsp3) is 0.600. The minimum atomic E-state index is -0.124. The second-order valence-electron chi connectivity index (χ2n) is 5.57. The van der Waals surface area contributed by atoms with Gasteiger partial charge in [0, 0.05) is 19.1 Å². The average Bonchev–Trinajstić information content (AvgIpc) is 2.36. The van der Waals surface area contributed by atoms with Gasteiger partial charge in [-0.15, -0.1) is 0 Å². The number of benzene rings is 1. The van der Waals surface area contributed by atoms with Crippen LogP contribution in [0.1, 0.15) is 30.9 Å². The predicted octanol–water partition coefficient (Wildman–Crippen LogP) is 2.69. The van der Waals surface area contributed by atoms with Crippen molar-refractivity contribution < 1.29 is 4.39 Å². The molecule has 1 aromatic carbocycles. The Morgan fingerprint density at radius 3 is 2.89 bits per heavy atom. The highest BCUT2D eigenvalue weighted by molar-refractivity contribution is 5.24.